The molecule has 0 amide bonds. The molecule has 1 rings (SSSR count). The van der Waals surface area contributed by atoms with Gasteiger partial charge in [-0.1, -0.05) is 36.4 Å². The average molecular weight is 173 g/mol. The number of nitriles is 1. The summed E-state index contributed by atoms with van der Waals surface area (Å²) in [6, 6.07) is 9.77. The molecule has 0 saturated heterocycles. The van der Waals surface area contributed by atoms with Crippen molar-refractivity contribution in [2.75, 3.05) is 6.61 Å². The van der Waals surface area contributed by atoms with Crippen LogP contribution < -0.4 is 0 Å². The third-order valence-corrected chi connectivity index (χ3v) is 1.73. The highest BCUT2D eigenvalue weighted by atomic mass is 16.2. The maximum atomic E-state index is 8.60. The van der Waals surface area contributed by atoms with Gasteiger partial charge >= 0.3 is 0 Å². The summed E-state index contributed by atoms with van der Waals surface area (Å²) >= 11 is 0. The quantitative estimate of drug-likeness (QED) is 0.756. The molecule has 66 valence electrons. The number of benzene rings is 1. The molecule has 0 atom stereocenters. The van der Waals surface area contributed by atoms with Crippen LogP contribution in [0.3, 0.4) is 0 Å². The van der Waals surface area contributed by atoms with Gasteiger partial charge in [-0.05, 0) is 11.1 Å². The Bertz CT molecular complexity index is 336. The normalized spacial score (nSPS) is 10.2. The van der Waals surface area contributed by atoms with Crippen LogP contribution in [0.1, 0.15) is 11.1 Å². The summed E-state index contributed by atoms with van der Waals surface area (Å²) in [7, 11) is 0. The maximum Gasteiger partial charge on any atom is 0.0669 e. The predicted molar refractivity (Wildman–Crippen MR) is 51.9 cm³/mol. The van der Waals surface area contributed by atoms with E-state index in [0.717, 1.165) is 11.1 Å². The lowest BCUT2D eigenvalue weighted by molar-refractivity contribution is 0.343. The summed E-state index contributed by atoms with van der Waals surface area (Å²) in [5.74, 6) is 0. The standard InChI is InChI=1S/C11H11NO/c12-8-7-11-5-2-1-4-10(11)6-3-9-13/h1-6,13H,7,9H2. The van der Waals surface area contributed by atoms with Crippen molar-refractivity contribution in [1.29, 1.82) is 5.26 Å². The number of rotatable bonds is 3. The van der Waals surface area contributed by atoms with Crippen LogP contribution in [-0.4, -0.2) is 11.7 Å². The second-order valence-corrected chi connectivity index (χ2v) is 2.62. The molecule has 0 spiro atoms. The molecule has 0 heterocycles. The summed E-state index contributed by atoms with van der Waals surface area (Å²) in [4.78, 5) is 0. The smallest absolute Gasteiger partial charge is 0.0669 e. The van der Waals surface area contributed by atoms with E-state index >= 15 is 0 Å². The molecule has 1 aromatic rings. The van der Waals surface area contributed by atoms with Crippen LogP contribution in [0.15, 0.2) is 30.3 Å². The molecular formula is C11H11NO. The molecule has 0 radical (unpaired) electrons. The number of hydrogen-bond donors (Lipinski definition) is 1. The highest BCUT2D eigenvalue weighted by molar-refractivity contribution is 5.54. The van der Waals surface area contributed by atoms with Crippen molar-refractivity contribution in [3.05, 3.63) is 41.5 Å². The van der Waals surface area contributed by atoms with Crippen molar-refractivity contribution < 1.29 is 5.11 Å². The van der Waals surface area contributed by atoms with E-state index in [-0.39, 0.29) is 6.61 Å². The molecule has 0 saturated carbocycles. The van der Waals surface area contributed by atoms with Gasteiger partial charge in [0.2, 0.25) is 0 Å². The zero-order chi connectivity index (χ0) is 9.52. The second-order valence-electron chi connectivity index (χ2n) is 2.62. The van der Waals surface area contributed by atoms with Gasteiger partial charge in [0.1, 0.15) is 0 Å². The SMILES string of the molecule is N#CCc1ccccc1C=CCO. The molecule has 0 aliphatic carbocycles. The Kier molecular flexibility index (Phi) is 3.74. The zero-order valence-corrected chi connectivity index (χ0v) is 7.27. The van der Waals surface area contributed by atoms with Gasteiger partial charge < -0.3 is 5.11 Å². The first kappa shape index (κ1) is 9.50. The van der Waals surface area contributed by atoms with Gasteiger partial charge in [0.25, 0.3) is 0 Å². The number of nitrogens with zero attached hydrogens (tertiary/aromatic N) is 1. The van der Waals surface area contributed by atoms with E-state index < -0.39 is 0 Å². The van der Waals surface area contributed by atoms with Gasteiger partial charge in [0.05, 0.1) is 19.1 Å². The first-order valence-corrected chi connectivity index (χ1v) is 4.10. The predicted octanol–water partition coefficient (Wildman–Crippen LogP) is 1.76. The minimum Gasteiger partial charge on any atom is -0.392 e. The summed E-state index contributed by atoms with van der Waals surface area (Å²) in [5, 5.41) is 17.1. The van der Waals surface area contributed by atoms with E-state index in [0.29, 0.717) is 6.42 Å². The van der Waals surface area contributed by atoms with Crippen LogP contribution in [0.2, 0.25) is 0 Å². The van der Waals surface area contributed by atoms with Gasteiger partial charge in [-0.3, -0.25) is 0 Å². The largest absolute Gasteiger partial charge is 0.392 e. The molecule has 0 aliphatic rings. The van der Waals surface area contributed by atoms with E-state index in [2.05, 4.69) is 6.07 Å². The van der Waals surface area contributed by atoms with Crippen LogP contribution in [0, 0.1) is 11.3 Å². The first-order valence-electron chi connectivity index (χ1n) is 4.10. The van der Waals surface area contributed by atoms with E-state index in [1.165, 1.54) is 0 Å². The van der Waals surface area contributed by atoms with Gasteiger partial charge in [-0.15, -0.1) is 0 Å². The molecule has 0 aliphatic heterocycles. The van der Waals surface area contributed by atoms with E-state index in [4.69, 9.17) is 10.4 Å². The molecule has 0 bridgehead atoms. The van der Waals surface area contributed by atoms with Gasteiger partial charge in [0, 0.05) is 0 Å². The highest BCUT2D eigenvalue weighted by Crippen LogP contribution is 2.10. The Balaban J connectivity index is 2.92. The first-order chi connectivity index (χ1) is 6.38. The van der Waals surface area contributed by atoms with Gasteiger partial charge in [-0.2, -0.15) is 5.26 Å². The molecule has 1 aromatic carbocycles. The lowest BCUT2D eigenvalue weighted by atomic mass is 10.1. The minimum absolute atomic E-state index is 0.0287. The fourth-order valence-electron chi connectivity index (χ4n) is 1.12. The molecule has 0 unspecified atom stereocenters. The Morgan fingerprint density at radius 2 is 2.15 bits per heavy atom. The molecule has 13 heavy (non-hydrogen) atoms. The Labute approximate surface area is 77.8 Å². The lowest BCUT2D eigenvalue weighted by Crippen LogP contribution is -1.86. The summed E-state index contributed by atoms with van der Waals surface area (Å²) in [5.41, 5.74) is 1.99. The lowest BCUT2D eigenvalue weighted by Gasteiger charge is -1.99. The van der Waals surface area contributed by atoms with Crippen LogP contribution >= 0.6 is 0 Å². The van der Waals surface area contributed by atoms with E-state index in [1.807, 2.05) is 30.3 Å². The third kappa shape index (κ3) is 2.73. The Hall–Kier alpha value is -1.59. The van der Waals surface area contributed by atoms with Crippen molar-refractivity contribution in [2.24, 2.45) is 0 Å². The van der Waals surface area contributed by atoms with Crippen molar-refractivity contribution in [2.45, 2.75) is 6.42 Å². The van der Waals surface area contributed by atoms with Crippen molar-refractivity contribution in [3.8, 4) is 6.07 Å². The van der Waals surface area contributed by atoms with Crippen LogP contribution in [0.25, 0.3) is 6.08 Å². The molecule has 2 heteroatoms. The average Bonchev–Trinajstić information content (AvgIpc) is 2.17. The van der Waals surface area contributed by atoms with Crippen LogP contribution in [0.4, 0.5) is 0 Å². The van der Waals surface area contributed by atoms with Crippen molar-refractivity contribution in [1.82, 2.24) is 0 Å². The monoisotopic (exact) mass is 173 g/mol. The van der Waals surface area contributed by atoms with Gasteiger partial charge in [0.15, 0.2) is 0 Å². The molecule has 0 aromatic heterocycles. The second kappa shape index (κ2) is 5.13. The zero-order valence-electron chi connectivity index (χ0n) is 7.27. The highest BCUT2D eigenvalue weighted by Gasteiger charge is 1.95. The van der Waals surface area contributed by atoms with E-state index in [1.54, 1.807) is 6.08 Å². The summed E-state index contributed by atoms with van der Waals surface area (Å²) < 4.78 is 0. The van der Waals surface area contributed by atoms with Crippen molar-refractivity contribution in [3.63, 3.8) is 0 Å². The van der Waals surface area contributed by atoms with Crippen molar-refractivity contribution >= 4 is 6.08 Å². The summed E-state index contributed by atoms with van der Waals surface area (Å²) in [6.07, 6.45) is 3.90. The Morgan fingerprint density at radius 1 is 1.38 bits per heavy atom. The fraction of sp³-hybridized carbons (Fsp3) is 0.182. The fourth-order valence-corrected chi connectivity index (χ4v) is 1.12. The Morgan fingerprint density at radius 3 is 2.85 bits per heavy atom. The van der Waals surface area contributed by atoms with Crippen LogP contribution in [0.5, 0.6) is 0 Å². The number of aliphatic hydroxyl groups is 1. The van der Waals surface area contributed by atoms with E-state index in [9.17, 15) is 0 Å². The number of aliphatic hydroxyl groups excluding tert-OH is 1. The minimum atomic E-state index is 0.0287. The molecule has 1 N–H and O–H groups in total. The third-order valence-electron chi connectivity index (χ3n) is 1.73. The molecule has 2 nitrogen and oxygen atoms in total. The molecular weight excluding hydrogens is 162 g/mol. The summed E-state index contributed by atoms with van der Waals surface area (Å²) in [6.45, 7) is 0.0287. The number of hydrogen-bond acceptors (Lipinski definition) is 2. The topological polar surface area (TPSA) is 44.0 Å². The van der Waals surface area contributed by atoms with Crippen LogP contribution in [-0.2, 0) is 6.42 Å². The van der Waals surface area contributed by atoms with Gasteiger partial charge in [-0.25, -0.2) is 0 Å². The maximum absolute atomic E-state index is 8.60. The molecule has 0 fully saturated rings.